The number of hydrogen-bond donors (Lipinski definition) is 2. The maximum Gasteiger partial charge on any atom is 0.226 e. The second-order valence-electron chi connectivity index (χ2n) is 5.71. The van der Waals surface area contributed by atoms with Gasteiger partial charge in [-0.2, -0.15) is 0 Å². The summed E-state index contributed by atoms with van der Waals surface area (Å²) in [5, 5.41) is 7.88. The molecule has 0 spiro atoms. The van der Waals surface area contributed by atoms with E-state index >= 15 is 0 Å². The van der Waals surface area contributed by atoms with Crippen LogP contribution in [0.25, 0.3) is 0 Å². The van der Waals surface area contributed by atoms with Crippen molar-refractivity contribution in [3.8, 4) is 0 Å². The van der Waals surface area contributed by atoms with Gasteiger partial charge >= 0.3 is 0 Å². The van der Waals surface area contributed by atoms with E-state index < -0.39 is 15.4 Å². The van der Waals surface area contributed by atoms with Crippen LogP contribution < -0.4 is 10.5 Å². The molecule has 0 amide bonds. The summed E-state index contributed by atoms with van der Waals surface area (Å²) in [5.41, 5.74) is 2.13. The summed E-state index contributed by atoms with van der Waals surface area (Å²) < 4.78 is 24.1. The zero-order chi connectivity index (χ0) is 16.3. The molecule has 6 heteroatoms. The van der Waals surface area contributed by atoms with Crippen LogP contribution in [0.5, 0.6) is 0 Å². The summed E-state index contributed by atoms with van der Waals surface area (Å²) in [5.74, 6) is 0. The number of sulfonamides is 1. The molecule has 0 aromatic heterocycles. The van der Waals surface area contributed by atoms with Crippen molar-refractivity contribution >= 4 is 10.0 Å². The normalized spacial score (nSPS) is 19.8. The molecule has 1 atom stereocenters. The molecule has 23 heavy (non-hydrogen) atoms. The molecule has 122 valence electrons. The Bertz CT molecular complexity index is 695. The van der Waals surface area contributed by atoms with E-state index in [0.29, 0.717) is 13.1 Å². The number of piperazine rings is 1. The highest BCUT2D eigenvalue weighted by atomic mass is 32.2. The lowest BCUT2D eigenvalue weighted by Crippen LogP contribution is -2.57. The van der Waals surface area contributed by atoms with Gasteiger partial charge in [0.15, 0.2) is 0 Å². The van der Waals surface area contributed by atoms with Crippen LogP contribution in [0.15, 0.2) is 60.7 Å². The Balaban J connectivity index is 2.07. The van der Waals surface area contributed by atoms with Crippen molar-refractivity contribution < 1.29 is 8.42 Å². The van der Waals surface area contributed by atoms with Crippen LogP contribution in [-0.2, 0) is 10.0 Å². The largest absolute Gasteiger partial charge is 0.313 e. The Morgan fingerprint density at radius 2 is 1.52 bits per heavy atom. The summed E-state index contributed by atoms with van der Waals surface area (Å²) >= 11 is 0. The van der Waals surface area contributed by atoms with Crippen molar-refractivity contribution in [1.82, 2.24) is 10.2 Å². The topological polar surface area (TPSA) is 75.4 Å². The van der Waals surface area contributed by atoms with Crippen molar-refractivity contribution in [2.45, 2.75) is 11.4 Å². The van der Waals surface area contributed by atoms with Gasteiger partial charge in [0.2, 0.25) is 10.0 Å². The van der Waals surface area contributed by atoms with E-state index in [9.17, 15) is 8.42 Å². The molecule has 3 N–H and O–H groups in total. The minimum absolute atomic E-state index is 0.136. The molecule has 0 saturated carbocycles. The molecule has 2 aromatic rings. The monoisotopic (exact) mass is 331 g/mol. The molecular weight excluding hydrogens is 310 g/mol. The maximum atomic E-state index is 12.1. The van der Waals surface area contributed by atoms with Crippen molar-refractivity contribution in [2.24, 2.45) is 5.14 Å². The molecule has 1 heterocycles. The van der Waals surface area contributed by atoms with Gasteiger partial charge < -0.3 is 5.32 Å². The average molecular weight is 331 g/mol. The number of nitrogens with one attached hydrogen (secondary N) is 1. The Kier molecular flexibility index (Phi) is 4.77. The Hall–Kier alpha value is -1.73. The molecule has 1 fully saturated rings. The number of hydrogen-bond acceptors (Lipinski definition) is 4. The lowest BCUT2D eigenvalue weighted by atomic mass is 9.96. The Labute approximate surface area is 137 Å². The van der Waals surface area contributed by atoms with Gasteiger partial charge in [0, 0.05) is 19.6 Å². The molecule has 5 nitrogen and oxygen atoms in total. The third-order valence-electron chi connectivity index (χ3n) is 4.18. The highest BCUT2D eigenvalue weighted by Crippen LogP contribution is 2.31. The smallest absolute Gasteiger partial charge is 0.226 e. The van der Waals surface area contributed by atoms with E-state index in [1.54, 1.807) is 0 Å². The first-order valence-electron chi connectivity index (χ1n) is 7.65. The first-order chi connectivity index (χ1) is 11.1. The van der Waals surface area contributed by atoms with Crippen LogP contribution in [-0.4, -0.2) is 38.3 Å². The highest BCUT2D eigenvalue weighted by molar-refractivity contribution is 7.89. The third-order valence-corrected chi connectivity index (χ3v) is 5.37. The number of primary sulfonamides is 1. The van der Waals surface area contributed by atoms with Crippen LogP contribution >= 0.6 is 0 Å². The molecule has 2 aromatic carbocycles. The lowest BCUT2D eigenvalue weighted by molar-refractivity contribution is 0.170. The third kappa shape index (κ3) is 3.61. The molecule has 1 saturated heterocycles. The second-order valence-corrected chi connectivity index (χ2v) is 7.43. The average Bonchev–Trinajstić information content (AvgIpc) is 2.57. The van der Waals surface area contributed by atoms with Crippen LogP contribution in [0.1, 0.15) is 17.2 Å². The summed E-state index contributed by atoms with van der Waals surface area (Å²) in [7, 11) is -3.67. The standard InChI is InChI=1S/C17H21N3O2S/c18-23(21,22)16-13-19-11-12-20(16)17(14-7-3-1-4-8-14)15-9-5-2-6-10-15/h1-10,16-17,19H,11-13H2,(H2,18,21,22). The fourth-order valence-corrected chi connectivity index (χ4v) is 4.10. The van der Waals surface area contributed by atoms with Crippen LogP contribution in [0.2, 0.25) is 0 Å². The van der Waals surface area contributed by atoms with Gasteiger partial charge in [-0.05, 0) is 11.1 Å². The van der Waals surface area contributed by atoms with Crippen molar-refractivity contribution in [3.63, 3.8) is 0 Å². The predicted octanol–water partition coefficient (Wildman–Crippen LogP) is 1.30. The van der Waals surface area contributed by atoms with Crippen LogP contribution in [0.3, 0.4) is 0 Å². The summed E-state index contributed by atoms with van der Waals surface area (Å²) in [6.07, 6.45) is 0. The second kappa shape index (κ2) is 6.80. The number of nitrogens with zero attached hydrogens (tertiary/aromatic N) is 1. The molecular formula is C17H21N3O2S. The van der Waals surface area contributed by atoms with Crippen molar-refractivity contribution in [3.05, 3.63) is 71.8 Å². The fourth-order valence-electron chi connectivity index (χ4n) is 3.14. The van der Waals surface area contributed by atoms with Crippen LogP contribution in [0.4, 0.5) is 0 Å². The first kappa shape index (κ1) is 16.1. The Morgan fingerprint density at radius 1 is 1.00 bits per heavy atom. The molecule has 0 bridgehead atoms. The number of benzene rings is 2. The minimum Gasteiger partial charge on any atom is -0.313 e. The lowest BCUT2D eigenvalue weighted by Gasteiger charge is -2.40. The van der Waals surface area contributed by atoms with Gasteiger partial charge in [-0.25, -0.2) is 13.6 Å². The summed E-state index contributed by atoms with van der Waals surface area (Å²) in [6, 6.07) is 19.8. The van der Waals surface area contributed by atoms with E-state index in [4.69, 9.17) is 5.14 Å². The SMILES string of the molecule is NS(=O)(=O)C1CNCCN1C(c1ccccc1)c1ccccc1. The van der Waals surface area contributed by atoms with Gasteiger partial charge in [-0.3, -0.25) is 4.90 Å². The molecule has 0 aliphatic carbocycles. The van der Waals surface area contributed by atoms with Gasteiger partial charge in [0.25, 0.3) is 0 Å². The zero-order valence-electron chi connectivity index (χ0n) is 12.8. The molecule has 1 aliphatic heterocycles. The molecule has 1 unspecified atom stereocenters. The maximum absolute atomic E-state index is 12.1. The summed E-state index contributed by atoms with van der Waals surface area (Å²) in [6.45, 7) is 1.70. The Morgan fingerprint density at radius 3 is 2.00 bits per heavy atom. The van der Waals surface area contributed by atoms with E-state index in [1.807, 2.05) is 65.6 Å². The van der Waals surface area contributed by atoms with Crippen LogP contribution in [0, 0.1) is 0 Å². The summed E-state index contributed by atoms with van der Waals surface area (Å²) in [4.78, 5) is 1.98. The van der Waals surface area contributed by atoms with Gasteiger partial charge in [-0.1, -0.05) is 60.7 Å². The van der Waals surface area contributed by atoms with Gasteiger partial charge in [0.05, 0.1) is 6.04 Å². The van der Waals surface area contributed by atoms with E-state index in [-0.39, 0.29) is 6.04 Å². The minimum atomic E-state index is -3.67. The van der Waals surface area contributed by atoms with Gasteiger partial charge in [-0.15, -0.1) is 0 Å². The first-order valence-corrected chi connectivity index (χ1v) is 9.26. The van der Waals surface area contributed by atoms with E-state index in [0.717, 1.165) is 17.7 Å². The van der Waals surface area contributed by atoms with E-state index in [1.165, 1.54) is 0 Å². The fraction of sp³-hybridized carbons (Fsp3) is 0.294. The number of rotatable bonds is 4. The van der Waals surface area contributed by atoms with Crippen molar-refractivity contribution in [1.29, 1.82) is 0 Å². The van der Waals surface area contributed by atoms with Crippen molar-refractivity contribution in [2.75, 3.05) is 19.6 Å². The molecule has 1 aliphatic rings. The van der Waals surface area contributed by atoms with Gasteiger partial charge in [0.1, 0.15) is 5.37 Å². The number of nitrogens with two attached hydrogens (primary N) is 1. The quantitative estimate of drug-likeness (QED) is 0.885. The van der Waals surface area contributed by atoms with E-state index in [2.05, 4.69) is 5.32 Å². The zero-order valence-corrected chi connectivity index (χ0v) is 13.6. The predicted molar refractivity (Wildman–Crippen MR) is 91.2 cm³/mol. The molecule has 0 radical (unpaired) electrons. The molecule has 3 rings (SSSR count). The highest BCUT2D eigenvalue weighted by Gasteiger charge is 2.36.